The molecule has 0 bridgehead atoms. The first-order valence-corrected chi connectivity index (χ1v) is 6.61. The Morgan fingerprint density at radius 3 is 2.39 bits per heavy atom. The molecule has 0 aromatic heterocycles. The van der Waals surface area contributed by atoms with Crippen LogP contribution < -0.4 is 0 Å². The van der Waals surface area contributed by atoms with Crippen LogP contribution in [0.4, 0.5) is 0 Å². The van der Waals surface area contributed by atoms with Crippen LogP contribution in [-0.2, 0) is 14.3 Å². The van der Waals surface area contributed by atoms with Crippen LogP contribution >= 0.6 is 0 Å². The molecule has 0 aromatic rings. The Bertz CT molecular complexity index is 289. The molecule has 1 aliphatic rings. The maximum absolute atomic E-state index is 12.1. The summed E-state index contributed by atoms with van der Waals surface area (Å²) in [4.78, 5) is 13.9. The Labute approximate surface area is 109 Å². The van der Waals surface area contributed by atoms with Crippen molar-refractivity contribution in [2.24, 2.45) is 5.92 Å². The fourth-order valence-corrected chi connectivity index (χ4v) is 2.18. The van der Waals surface area contributed by atoms with Gasteiger partial charge < -0.3 is 19.5 Å². The van der Waals surface area contributed by atoms with Crippen molar-refractivity contribution in [3.63, 3.8) is 0 Å². The van der Waals surface area contributed by atoms with Crippen molar-refractivity contribution in [2.75, 3.05) is 19.7 Å². The molecule has 5 heteroatoms. The number of aliphatic hydroxyl groups is 1. The minimum Gasteiger partial charge on any atom is -0.390 e. The van der Waals surface area contributed by atoms with Crippen LogP contribution in [0.25, 0.3) is 0 Å². The van der Waals surface area contributed by atoms with Gasteiger partial charge in [0.25, 0.3) is 0 Å². The van der Waals surface area contributed by atoms with Gasteiger partial charge in [-0.15, -0.1) is 0 Å². The highest BCUT2D eigenvalue weighted by Gasteiger charge is 2.40. The Morgan fingerprint density at radius 1 is 1.44 bits per heavy atom. The molecule has 106 valence electrons. The highest BCUT2D eigenvalue weighted by molar-refractivity contribution is 5.79. The second-order valence-electron chi connectivity index (χ2n) is 5.16. The zero-order valence-corrected chi connectivity index (χ0v) is 12.0. The van der Waals surface area contributed by atoms with Gasteiger partial charge in [0.05, 0.1) is 18.6 Å². The maximum Gasteiger partial charge on any atom is 0.228 e. The third-order valence-corrected chi connectivity index (χ3v) is 3.39. The number of nitrogens with zero attached hydrogens (tertiary/aromatic N) is 1. The van der Waals surface area contributed by atoms with Crippen molar-refractivity contribution in [1.82, 2.24) is 4.90 Å². The molecule has 3 atom stereocenters. The molecule has 0 aliphatic carbocycles. The van der Waals surface area contributed by atoms with Crippen LogP contribution in [0, 0.1) is 5.92 Å². The van der Waals surface area contributed by atoms with E-state index in [1.165, 1.54) is 0 Å². The standard InChI is InChI=1S/C13H25NO4/c1-6-14(7-2)12(16)9(3)11(15)10-8-17-13(4,5)18-10/h9-11,15H,6-8H2,1-5H3/t9-,10-,11+/m1/s1. The first kappa shape index (κ1) is 15.4. The van der Waals surface area contributed by atoms with E-state index >= 15 is 0 Å². The molecule has 1 amide bonds. The molecule has 1 N–H and O–H groups in total. The summed E-state index contributed by atoms with van der Waals surface area (Å²) in [7, 11) is 0. The summed E-state index contributed by atoms with van der Waals surface area (Å²) in [5, 5.41) is 10.2. The molecule has 0 aromatic carbocycles. The Morgan fingerprint density at radius 2 is 2.00 bits per heavy atom. The molecule has 1 rings (SSSR count). The monoisotopic (exact) mass is 259 g/mol. The zero-order chi connectivity index (χ0) is 13.9. The minimum atomic E-state index is -0.833. The minimum absolute atomic E-state index is 0.0409. The van der Waals surface area contributed by atoms with Gasteiger partial charge in [-0.2, -0.15) is 0 Å². The number of aliphatic hydroxyl groups excluding tert-OH is 1. The number of hydrogen-bond donors (Lipinski definition) is 1. The van der Waals surface area contributed by atoms with Gasteiger partial charge in [0.1, 0.15) is 6.10 Å². The maximum atomic E-state index is 12.1. The van der Waals surface area contributed by atoms with Gasteiger partial charge in [0, 0.05) is 13.1 Å². The van der Waals surface area contributed by atoms with E-state index in [2.05, 4.69) is 0 Å². The molecule has 0 saturated carbocycles. The molecule has 1 fully saturated rings. The Balaban J connectivity index is 2.61. The number of carbonyl (C=O) groups excluding carboxylic acids is 1. The highest BCUT2D eigenvalue weighted by atomic mass is 16.7. The van der Waals surface area contributed by atoms with Gasteiger partial charge in [-0.05, 0) is 27.7 Å². The Hall–Kier alpha value is -0.650. The predicted molar refractivity (Wildman–Crippen MR) is 68.0 cm³/mol. The SMILES string of the molecule is CCN(CC)C(=O)[C@H](C)[C@H](O)[C@H]1COC(C)(C)O1. The first-order valence-electron chi connectivity index (χ1n) is 6.61. The van der Waals surface area contributed by atoms with Crippen molar-refractivity contribution in [3.05, 3.63) is 0 Å². The third-order valence-electron chi connectivity index (χ3n) is 3.39. The van der Waals surface area contributed by atoms with Crippen molar-refractivity contribution < 1.29 is 19.4 Å². The highest BCUT2D eigenvalue weighted by Crippen LogP contribution is 2.27. The van der Waals surface area contributed by atoms with Gasteiger partial charge >= 0.3 is 0 Å². The third kappa shape index (κ3) is 3.43. The molecular formula is C13H25NO4. The lowest BCUT2D eigenvalue weighted by Gasteiger charge is -2.28. The van der Waals surface area contributed by atoms with Gasteiger partial charge in [0.2, 0.25) is 5.91 Å². The average molecular weight is 259 g/mol. The van der Waals surface area contributed by atoms with E-state index in [0.717, 1.165) is 0 Å². The molecule has 0 radical (unpaired) electrons. The van der Waals surface area contributed by atoms with Crippen LogP contribution in [0.1, 0.15) is 34.6 Å². The number of hydrogen-bond acceptors (Lipinski definition) is 4. The second kappa shape index (κ2) is 5.99. The quantitative estimate of drug-likeness (QED) is 0.800. The van der Waals surface area contributed by atoms with Gasteiger partial charge in [-0.3, -0.25) is 4.79 Å². The van der Waals surface area contributed by atoms with Crippen LogP contribution in [0.2, 0.25) is 0 Å². The molecule has 1 heterocycles. The first-order chi connectivity index (χ1) is 8.32. The summed E-state index contributed by atoms with van der Waals surface area (Å²) >= 11 is 0. The van der Waals surface area contributed by atoms with Crippen molar-refractivity contribution in [2.45, 2.75) is 52.6 Å². The van der Waals surface area contributed by atoms with E-state index in [1.807, 2.05) is 13.8 Å². The van der Waals surface area contributed by atoms with Gasteiger partial charge in [0.15, 0.2) is 5.79 Å². The lowest BCUT2D eigenvalue weighted by molar-refractivity contribution is -0.161. The van der Waals surface area contributed by atoms with Crippen LogP contribution in [0.3, 0.4) is 0 Å². The van der Waals surface area contributed by atoms with Crippen molar-refractivity contribution in [3.8, 4) is 0 Å². The second-order valence-corrected chi connectivity index (χ2v) is 5.16. The van der Waals surface area contributed by atoms with E-state index in [1.54, 1.807) is 25.7 Å². The zero-order valence-electron chi connectivity index (χ0n) is 12.0. The summed E-state index contributed by atoms with van der Waals surface area (Å²) in [6, 6.07) is 0. The largest absolute Gasteiger partial charge is 0.390 e. The Kier molecular flexibility index (Phi) is 5.13. The van der Waals surface area contributed by atoms with E-state index in [4.69, 9.17) is 9.47 Å². The fourth-order valence-electron chi connectivity index (χ4n) is 2.18. The van der Waals surface area contributed by atoms with Gasteiger partial charge in [-0.1, -0.05) is 6.92 Å². The lowest BCUT2D eigenvalue weighted by Crippen LogP contribution is -2.44. The number of rotatable bonds is 5. The van der Waals surface area contributed by atoms with E-state index < -0.39 is 23.9 Å². The molecule has 0 unspecified atom stereocenters. The summed E-state index contributed by atoms with van der Waals surface area (Å²) in [5.41, 5.74) is 0. The van der Waals surface area contributed by atoms with E-state index in [9.17, 15) is 9.90 Å². The topological polar surface area (TPSA) is 59.0 Å². The number of carbonyl (C=O) groups is 1. The van der Waals surface area contributed by atoms with Crippen molar-refractivity contribution in [1.29, 1.82) is 0 Å². The molecule has 1 saturated heterocycles. The lowest BCUT2D eigenvalue weighted by atomic mass is 9.98. The normalized spacial score (nSPS) is 25.8. The smallest absolute Gasteiger partial charge is 0.228 e. The molecule has 0 spiro atoms. The van der Waals surface area contributed by atoms with Gasteiger partial charge in [-0.25, -0.2) is 0 Å². The summed E-state index contributed by atoms with van der Waals surface area (Å²) < 4.78 is 11.0. The number of ether oxygens (including phenoxy) is 2. The summed E-state index contributed by atoms with van der Waals surface area (Å²) in [6.07, 6.45) is -1.27. The van der Waals surface area contributed by atoms with Crippen LogP contribution in [0.15, 0.2) is 0 Å². The molecule has 18 heavy (non-hydrogen) atoms. The molecule has 5 nitrogen and oxygen atoms in total. The molecule has 1 aliphatic heterocycles. The summed E-state index contributed by atoms with van der Waals surface area (Å²) in [6.45, 7) is 10.8. The summed E-state index contributed by atoms with van der Waals surface area (Å²) in [5.74, 6) is -1.20. The molecular weight excluding hydrogens is 234 g/mol. The van der Waals surface area contributed by atoms with Crippen LogP contribution in [0.5, 0.6) is 0 Å². The van der Waals surface area contributed by atoms with Crippen molar-refractivity contribution >= 4 is 5.91 Å². The van der Waals surface area contributed by atoms with E-state index in [-0.39, 0.29) is 5.91 Å². The predicted octanol–water partition coefficient (Wildman–Crippen LogP) is 1.00. The average Bonchev–Trinajstić information content (AvgIpc) is 2.69. The fraction of sp³-hybridized carbons (Fsp3) is 0.923. The van der Waals surface area contributed by atoms with Crippen LogP contribution in [-0.4, -0.2) is 53.6 Å². The number of amides is 1. The van der Waals surface area contributed by atoms with E-state index in [0.29, 0.717) is 19.7 Å².